The van der Waals surface area contributed by atoms with Gasteiger partial charge in [0, 0.05) is 24.3 Å². The van der Waals surface area contributed by atoms with Crippen molar-refractivity contribution in [1.29, 1.82) is 0 Å². The van der Waals surface area contributed by atoms with Gasteiger partial charge in [0.2, 0.25) is 5.91 Å². The lowest BCUT2D eigenvalue weighted by Gasteiger charge is -2.30. The SMILES string of the molecule is COc1ccc(CCC(=O)N2CCCc3c(N)cccc32)cc1F.Cl. The fraction of sp³-hybridized carbons (Fsp3) is 0.316. The summed E-state index contributed by atoms with van der Waals surface area (Å²) in [5.41, 5.74) is 9.50. The molecule has 25 heavy (non-hydrogen) atoms. The average Bonchev–Trinajstić information content (AvgIpc) is 2.60. The lowest BCUT2D eigenvalue weighted by Crippen LogP contribution is -2.35. The largest absolute Gasteiger partial charge is 0.494 e. The highest BCUT2D eigenvalue weighted by Crippen LogP contribution is 2.31. The molecule has 0 atom stereocenters. The van der Waals surface area contributed by atoms with Gasteiger partial charge in [-0.1, -0.05) is 12.1 Å². The molecule has 0 aromatic heterocycles. The van der Waals surface area contributed by atoms with Gasteiger partial charge < -0.3 is 15.4 Å². The summed E-state index contributed by atoms with van der Waals surface area (Å²) in [4.78, 5) is 14.4. The number of carbonyl (C=O) groups is 1. The molecular formula is C19H22ClFN2O2. The predicted octanol–water partition coefficient (Wildman–Crippen LogP) is 3.75. The molecule has 2 aromatic carbocycles. The van der Waals surface area contributed by atoms with Crippen LogP contribution in [-0.4, -0.2) is 19.6 Å². The maximum atomic E-state index is 13.7. The molecule has 0 fully saturated rings. The van der Waals surface area contributed by atoms with E-state index in [-0.39, 0.29) is 24.1 Å². The van der Waals surface area contributed by atoms with Crippen LogP contribution in [0.4, 0.5) is 15.8 Å². The number of methoxy groups -OCH3 is 1. The summed E-state index contributed by atoms with van der Waals surface area (Å²) in [6, 6.07) is 10.5. The number of anilines is 2. The Morgan fingerprint density at radius 1 is 1.32 bits per heavy atom. The number of halogens is 2. The van der Waals surface area contributed by atoms with Crippen LogP contribution in [0.3, 0.4) is 0 Å². The van der Waals surface area contributed by atoms with E-state index in [9.17, 15) is 9.18 Å². The normalized spacial score (nSPS) is 13.0. The summed E-state index contributed by atoms with van der Waals surface area (Å²) in [6.45, 7) is 0.701. The van der Waals surface area contributed by atoms with Gasteiger partial charge in [0.15, 0.2) is 11.6 Å². The number of amides is 1. The number of nitrogen functional groups attached to an aromatic ring is 1. The van der Waals surface area contributed by atoms with Crippen LogP contribution in [0, 0.1) is 5.82 Å². The minimum atomic E-state index is -0.404. The number of nitrogens with zero attached hydrogens (tertiary/aromatic N) is 1. The van der Waals surface area contributed by atoms with E-state index >= 15 is 0 Å². The van der Waals surface area contributed by atoms with Crippen LogP contribution in [0.5, 0.6) is 5.75 Å². The number of nitrogens with two attached hydrogens (primary N) is 1. The first-order valence-electron chi connectivity index (χ1n) is 8.10. The summed E-state index contributed by atoms with van der Waals surface area (Å²) in [5, 5.41) is 0. The third-order valence-electron chi connectivity index (χ3n) is 4.43. The first-order valence-corrected chi connectivity index (χ1v) is 8.10. The number of carbonyl (C=O) groups excluding carboxylic acids is 1. The highest BCUT2D eigenvalue weighted by atomic mass is 35.5. The van der Waals surface area contributed by atoms with Crippen LogP contribution in [0.1, 0.15) is 24.0 Å². The Balaban J connectivity index is 0.00000225. The minimum absolute atomic E-state index is 0. The van der Waals surface area contributed by atoms with Crippen LogP contribution < -0.4 is 15.4 Å². The van der Waals surface area contributed by atoms with Crippen molar-refractivity contribution in [3.63, 3.8) is 0 Å². The first kappa shape index (κ1) is 19.1. The molecule has 134 valence electrons. The third kappa shape index (κ3) is 4.04. The van der Waals surface area contributed by atoms with E-state index in [0.717, 1.165) is 35.3 Å². The van der Waals surface area contributed by atoms with Gasteiger partial charge in [0.25, 0.3) is 0 Å². The van der Waals surface area contributed by atoms with Crippen LogP contribution in [-0.2, 0) is 17.6 Å². The minimum Gasteiger partial charge on any atom is -0.494 e. The van der Waals surface area contributed by atoms with Crippen molar-refractivity contribution in [2.75, 3.05) is 24.3 Å². The Morgan fingerprint density at radius 2 is 2.12 bits per heavy atom. The highest BCUT2D eigenvalue weighted by Gasteiger charge is 2.23. The number of rotatable bonds is 4. The molecule has 2 aromatic rings. The molecule has 1 aliphatic rings. The number of hydrogen-bond donors (Lipinski definition) is 1. The molecule has 2 N–H and O–H groups in total. The van der Waals surface area contributed by atoms with E-state index in [2.05, 4.69) is 0 Å². The van der Waals surface area contributed by atoms with E-state index in [1.165, 1.54) is 13.2 Å². The standard InChI is InChI=1S/C19H21FN2O2.ClH/c1-24-18-9-7-13(12-15(18)20)8-10-19(23)22-11-3-4-14-16(21)5-2-6-17(14)22;/h2,5-7,9,12H,3-4,8,10-11,21H2,1H3;1H. The molecule has 0 saturated carbocycles. The summed E-state index contributed by atoms with van der Waals surface area (Å²) < 4.78 is 18.6. The molecule has 1 aliphatic heterocycles. The highest BCUT2D eigenvalue weighted by molar-refractivity contribution is 5.95. The lowest BCUT2D eigenvalue weighted by atomic mass is 9.99. The number of aryl methyl sites for hydroxylation is 1. The molecule has 1 heterocycles. The van der Waals surface area contributed by atoms with E-state index < -0.39 is 5.82 Å². The van der Waals surface area contributed by atoms with Gasteiger partial charge in [-0.25, -0.2) is 4.39 Å². The quantitative estimate of drug-likeness (QED) is 0.840. The van der Waals surface area contributed by atoms with Crippen LogP contribution in [0.2, 0.25) is 0 Å². The first-order chi connectivity index (χ1) is 11.6. The van der Waals surface area contributed by atoms with Crippen LogP contribution >= 0.6 is 12.4 Å². The third-order valence-corrected chi connectivity index (χ3v) is 4.43. The summed E-state index contributed by atoms with van der Waals surface area (Å²) in [5.74, 6) is -0.151. The van der Waals surface area contributed by atoms with E-state index in [0.29, 0.717) is 19.4 Å². The summed E-state index contributed by atoms with van der Waals surface area (Å²) in [6.07, 6.45) is 2.63. The van der Waals surface area contributed by atoms with Gasteiger partial charge in [0.05, 0.1) is 7.11 Å². The van der Waals surface area contributed by atoms with Crippen molar-refractivity contribution in [2.24, 2.45) is 0 Å². The number of ether oxygens (including phenoxy) is 1. The molecule has 0 bridgehead atoms. The zero-order valence-corrected chi connectivity index (χ0v) is 14.9. The fourth-order valence-corrected chi connectivity index (χ4v) is 3.16. The van der Waals surface area contributed by atoms with E-state index in [1.807, 2.05) is 18.2 Å². The molecule has 0 aliphatic carbocycles. The molecule has 0 unspecified atom stereocenters. The molecule has 6 heteroatoms. The summed E-state index contributed by atoms with van der Waals surface area (Å²) >= 11 is 0. The van der Waals surface area contributed by atoms with Gasteiger partial charge >= 0.3 is 0 Å². The van der Waals surface area contributed by atoms with Crippen molar-refractivity contribution in [2.45, 2.75) is 25.7 Å². The maximum absolute atomic E-state index is 13.7. The van der Waals surface area contributed by atoms with Crippen molar-refractivity contribution >= 4 is 29.7 Å². The second-order valence-electron chi connectivity index (χ2n) is 5.96. The Hall–Kier alpha value is -2.27. The number of hydrogen-bond acceptors (Lipinski definition) is 3. The molecule has 3 rings (SSSR count). The molecule has 4 nitrogen and oxygen atoms in total. The Kier molecular flexibility index (Phi) is 6.26. The van der Waals surface area contributed by atoms with Crippen molar-refractivity contribution in [1.82, 2.24) is 0 Å². The second-order valence-corrected chi connectivity index (χ2v) is 5.96. The van der Waals surface area contributed by atoms with Gasteiger partial charge in [-0.3, -0.25) is 4.79 Å². The van der Waals surface area contributed by atoms with E-state index in [1.54, 1.807) is 17.0 Å². The van der Waals surface area contributed by atoms with Crippen molar-refractivity contribution in [3.8, 4) is 5.75 Å². The zero-order valence-electron chi connectivity index (χ0n) is 14.1. The molecular weight excluding hydrogens is 343 g/mol. The van der Waals surface area contributed by atoms with Crippen molar-refractivity contribution < 1.29 is 13.9 Å². The second kappa shape index (κ2) is 8.21. The van der Waals surface area contributed by atoms with Crippen LogP contribution in [0.15, 0.2) is 36.4 Å². The maximum Gasteiger partial charge on any atom is 0.227 e. The van der Waals surface area contributed by atoms with Crippen LogP contribution in [0.25, 0.3) is 0 Å². The molecule has 0 spiro atoms. The molecule has 1 amide bonds. The Bertz CT molecular complexity index is 767. The van der Waals surface area contributed by atoms with Gasteiger partial charge in [-0.15, -0.1) is 12.4 Å². The predicted molar refractivity (Wildman–Crippen MR) is 100 cm³/mol. The smallest absolute Gasteiger partial charge is 0.227 e. The topological polar surface area (TPSA) is 55.6 Å². The Labute approximate surface area is 153 Å². The fourth-order valence-electron chi connectivity index (χ4n) is 3.16. The number of benzene rings is 2. The zero-order chi connectivity index (χ0) is 17.1. The van der Waals surface area contributed by atoms with Crippen molar-refractivity contribution in [3.05, 3.63) is 53.3 Å². The monoisotopic (exact) mass is 364 g/mol. The van der Waals surface area contributed by atoms with Gasteiger partial charge in [-0.2, -0.15) is 0 Å². The number of fused-ring (bicyclic) bond motifs is 1. The van der Waals surface area contributed by atoms with Gasteiger partial charge in [0.1, 0.15) is 0 Å². The average molecular weight is 365 g/mol. The summed E-state index contributed by atoms with van der Waals surface area (Å²) in [7, 11) is 1.43. The van der Waals surface area contributed by atoms with E-state index in [4.69, 9.17) is 10.5 Å². The molecule has 0 saturated heterocycles. The Morgan fingerprint density at radius 3 is 2.84 bits per heavy atom. The van der Waals surface area contributed by atoms with Gasteiger partial charge in [-0.05, 0) is 54.7 Å². The molecule has 0 radical (unpaired) electrons. The lowest BCUT2D eigenvalue weighted by molar-refractivity contribution is -0.118.